The SMILES string of the molecule is CC1CN(C(=O)c2ccc(N3CCOCC3)c(F)c2)CCS(=O)C1. The van der Waals surface area contributed by atoms with Crippen LogP contribution in [0, 0.1) is 11.7 Å². The third-order valence-electron chi connectivity index (χ3n) is 4.42. The lowest BCUT2D eigenvalue weighted by Crippen LogP contribution is -2.37. The van der Waals surface area contributed by atoms with Crippen LogP contribution in [0.3, 0.4) is 0 Å². The third kappa shape index (κ3) is 3.95. The van der Waals surface area contributed by atoms with Crippen molar-refractivity contribution in [3.05, 3.63) is 29.6 Å². The molecule has 0 N–H and O–H groups in total. The van der Waals surface area contributed by atoms with Crippen LogP contribution in [0.5, 0.6) is 0 Å². The molecule has 3 rings (SSSR count). The molecule has 1 amide bonds. The van der Waals surface area contributed by atoms with Crippen molar-refractivity contribution in [2.24, 2.45) is 5.92 Å². The number of halogens is 1. The average molecular weight is 354 g/mol. The van der Waals surface area contributed by atoms with Crippen molar-refractivity contribution >= 4 is 22.4 Å². The van der Waals surface area contributed by atoms with E-state index >= 15 is 0 Å². The molecule has 7 heteroatoms. The monoisotopic (exact) mass is 354 g/mol. The van der Waals surface area contributed by atoms with Crippen LogP contribution in [0.15, 0.2) is 18.2 Å². The first-order valence-corrected chi connectivity index (χ1v) is 9.80. The zero-order chi connectivity index (χ0) is 17.1. The molecular formula is C17H23FN2O3S. The number of rotatable bonds is 2. The summed E-state index contributed by atoms with van der Waals surface area (Å²) >= 11 is 0. The van der Waals surface area contributed by atoms with Crippen LogP contribution in [-0.2, 0) is 15.5 Å². The predicted molar refractivity (Wildman–Crippen MR) is 92.4 cm³/mol. The lowest BCUT2D eigenvalue weighted by atomic mass is 10.1. The highest BCUT2D eigenvalue weighted by Gasteiger charge is 2.24. The van der Waals surface area contributed by atoms with Gasteiger partial charge < -0.3 is 14.5 Å². The lowest BCUT2D eigenvalue weighted by Gasteiger charge is -2.29. The Bertz CT molecular complexity index is 634. The Kier molecular flexibility index (Phi) is 5.50. The molecule has 132 valence electrons. The molecule has 0 aromatic heterocycles. The number of ether oxygens (including phenoxy) is 1. The van der Waals surface area contributed by atoms with Crippen LogP contribution in [0.2, 0.25) is 0 Å². The molecule has 2 saturated heterocycles. The van der Waals surface area contributed by atoms with Crippen molar-refractivity contribution in [1.82, 2.24) is 4.90 Å². The number of hydrogen-bond acceptors (Lipinski definition) is 4. The smallest absolute Gasteiger partial charge is 0.253 e. The van der Waals surface area contributed by atoms with Crippen LogP contribution in [-0.4, -0.2) is 65.9 Å². The fraction of sp³-hybridized carbons (Fsp3) is 0.588. The number of benzene rings is 1. The Morgan fingerprint density at radius 3 is 2.75 bits per heavy atom. The van der Waals surface area contributed by atoms with E-state index in [1.807, 2.05) is 11.8 Å². The molecule has 2 aliphatic rings. The Hall–Kier alpha value is -1.47. The number of nitrogens with zero attached hydrogens (tertiary/aromatic N) is 2. The molecule has 2 heterocycles. The van der Waals surface area contributed by atoms with Gasteiger partial charge in [-0.1, -0.05) is 6.92 Å². The van der Waals surface area contributed by atoms with Crippen molar-refractivity contribution < 1.29 is 18.1 Å². The maximum Gasteiger partial charge on any atom is 0.253 e. The van der Waals surface area contributed by atoms with Crippen LogP contribution >= 0.6 is 0 Å². The number of carbonyl (C=O) groups excluding carboxylic acids is 1. The molecule has 2 aliphatic heterocycles. The van der Waals surface area contributed by atoms with Gasteiger partial charge in [0.25, 0.3) is 5.91 Å². The molecule has 0 aliphatic carbocycles. The van der Waals surface area contributed by atoms with E-state index in [-0.39, 0.29) is 17.6 Å². The molecule has 24 heavy (non-hydrogen) atoms. The summed E-state index contributed by atoms with van der Waals surface area (Å²) in [5.41, 5.74) is 0.865. The quantitative estimate of drug-likeness (QED) is 0.808. The first-order chi connectivity index (χ1) is 11.5. The van der Waals surface area contributed by atoms with E-state index < -0.39 is 10.8 Å². The normalized spacial score (nSPS) is 25.4. The van der Waals surface area contributed by atoms with Crippen molar-refractivity contribution in [3.8, 4) is 0 Å². The van der Waals surface area contributed by atoms with Gasteiger partial charge in [-0.25, -0.2) is 4.39 Å². The van der Waals surface area contributed by atoms with Crippen LogP contribution < -0.4 is 4.90 Å². The zero-order valence-corrected chi connectivity index (χ0v) is 14.7. The highest BCUT2D eigenvalue weighted by molar-refractivity contribution is 7.85. The Morgan fingerprint density at radius 1 is 1.29 bits per heavy atom. The van der Waals surface area contributed by atoms with Gasteiger partial charge in [-0.15, -0.1) is 0 Å². The van der Waals surface area contributed by atoms with Crippen molar-refractivity contribution in [1.29, 1.82) is 0 Å². The molecule has 0 bridgehead atoms. The van der Waals surface area contributed by atoms with E-state index in [9.17, 15) is 13.4 Å². The molecule has 2 fully saturated rings. The summed E-state index contributed by atoms with van der Waals surface area (Å²) in [5.74, 6) is 0.732. The fourth-order valence-corrected chi connectivity index (χ4v) is 4.53. The molecule has 1 aromatic carbocycles. The van der Waals surface area contributed by atoms with Gasteiger partial charge in [0, 0.05) is 54.0 Å². The summed E-state index contributed by atoms with van der Waals surface area (Å²) in [6.07, 6.45) is 0. The Morgan fingerprint density at radius 2 is 2.04 bits per heavy atom. The third-order valence-corrected chi connectivity index (χ3v) is 6.00. The van der Waals surface area contributed by atoms with Crippen LogP contribution in [0.1, 0.15) is 17.3 Å². The van der Waals surface area contributed by atoms with E-state index in [1.54, 1.807) is 17.0 Å². The molecule has 2 atom stereocenters. The molecule has 0 radical (unpaired) electrons. The van der Waals surface area contributed by atoms with Gasteiger partial charge in [0.05, 0.1) is 18.9 Å². The summed E-state index contributed by atoms with van der Waals surface area (Å²) < 4.78 is 31.5. The maximum absolute atomic E-state index is 14.5. The van der Waals surface area contributed by atoms with Gasteiger partial charge in [0.15, 0.2) is 0 Å². The van der Waals surface area contributed by atoms with Crippen molar-refractivity contribution in [2.75, 3.05) is 55.8 Å². The van der Waals surface area contributed by atoms with Gasteiger partial charge in [0.1, 0.15) is 5.82 Å². The molecule has 0 spiro atoms. The van der Waals surface area contributed by atoms with E-state index in [0.29, 0.717) is 62.1 Å². The number of carbonyl (C=O) groups is 1. The standard InChI is InChI=1S/C17H23FN2O3S/c1-13-11-20(6-9-24(22)12-13)17(21)14-2-3-16(15(18)10-14)19-4-7-23-8-5-19/h2-3,10,13H,4-9,11-12H2,1H3. The summed E-state index contributed by atoms with van der Waals surface area (Å²) in [5, 5.41) is 0. The van der Waals surface area contributed by atoms with E-state index in [2.05, 4.69) is 0 Å². The fourth-order valence-electron chi connectivity index (χ4n) is 3.20. The van der Waals surface area contributed by atoms with Crippen LogP contribution in [0.4, 0.5) is 10.1 Å². The minimum atomic E-state index is -0.879. The van der Waals surface area contributed by atoms with E-state index in [0.717, 1.165) is 0 Å². The van der Waals surface area contributed by atoms with Crippen LogP contribution in [0.25, 0.3) is 0 Å². The number of morpholine rings is 1. The molecule has 1 aromatic rings. The van der Waals surface area contributed by atoms with Gasteiger partial charge in [-0.3, -0.25) is 9.00 Å². The molecular weight excluding hydrogens is 331 g/mol. The zero-order valence-electron chi connectivity index (χ0n) is 13.9. The largest absolute Gasteiger partial charge is 0.378 e. The Balaban J connectivity index is 1.75. The summed E-state index contributed by atoms with van der Waals surface area (Å²) in [7, 11) is -0.879. The highest BCUT2D eigenvalue weighted by Crippen LogP contribution is 2.23. The van der Waals surface area contributed by atoms with Gasteiger partial charge in [0.2, 0.25) is 0 Å². The van der Waals surface area contributed by atoms with Gasteiger partial charge >= 0.3 is 0 Å². The number of hydrogen-bond donors (Lipinski definition) is 0. The van der Waals surface area contributed by atoms with E-state index in [1.165, 1.54) is 6.07 Å². The number of amides is 1. The highest BCUT2D eigenvalue weighted by atomic mass is 32.2. The second kappa shape index (κ2) is 7.61. The lowest BCUT2D eigenvalue weighted by molar-refractivity contribution is 0.0751. The first kappa shape index (κ1) is 17.4. The van der Waals surface area contributed by atoms with Gasteiger partial charge in [-0.05, 0) is 24.1 Å². The number of anilines is 1. The topological polar surface area (TPSA) is 49.9 Å². The molecule has 0 saturated carbocycles. The summed E-state index contributed by atoms with van der Waals surface area (Å²) in [4.78, 5) is 16.3. The summed E-state index contributed by atoms with van der Waals surface area (Å²) in [6.45, 7) is 5.50. The Labute approximate surface area is 144 Å². The second-order valence-corrected chi connectivity index (χ2v) is 8.05. The second-order valence-electron chi connectivity index (χ2n) is 6.43. The first-order valence-electron chi connectivity index (χ1n) is 8.31. The molecule has 2 unspecified atom stereocenters. The van der Waals surface area contributed by atoms with Crippen molar-refractivity contribution in [3.63, 3.8) is 0 Å². The average Bonchev–Trinajstić information content (AvgIpc) is 2.75. The minimum absolute atomic E-state index is 0.187. The minimum Gasteiger partial charge on any atom is -0.378 e. The van der Waals surface area contributed by atoms with E-state index in [4.69, 9.17) is 4.74 Å². The summed E-state index contributed by atoms with van der Waals surface area (Å²) in [6, 6.07) is 4.68. The maximum atomic E-state index is 14.5. The van der Waals surface area contributed by atoms with Gasteiger partial charge in [-0.2, -0.15) is 0 Å². The van der Waals surface area contributed by atoms with Crippen molar-refractivity contribution in [2.45, 2.75) is 6.92 Å². The predicted octanol–water partition coefficient (Wildman–Crippen LogP) is 1.50. The molecule has 5 nitrogen and oxygen atoms in total.